The maximum Gasteiger partial charge on any atom is 0.353 e. The Morgan fingerprint density at radius 1 is 1.21 bits per heavy atom. The SMILES string of the molecule is CCOc1cc(/C=C(/C#N)C(=O)Nc2nnc(S(=O)(=O)CC)s2)ccc1OC(=O)c1cccs1. The Morgan fingerprint density at radius 3 is 2.65 bits per heavy atom. The number of anilines is 1. The summed E-state index contributed by atoms with van der Waals surface area (Å²) in [6.45, 7) is 3.52. The number of sulfone groups is 1. The number of nitrogens with zero attached hydrogens (tertiary/aromatic N) is 3. The van der Waals surface area contributed by atoms with Crippen LogP contribution in [0.1, 0.15) is 29.1 Å². The minimum atomic E-state index is -3.56. The lowest BCUT2D eigenvalue weighted by molar-refractivity contribution is -0.112. The highest BCUT2D eigenvalue weighted by Gasteiger charge is 2.20. The van der Waals surface area contributed by atoms with E-state index in [9.17, 15) is 23.3 Å². The van der Waals surface area contributed by atoms with E-state index in [-0.39, 0.29) is 32.3 Å². The highest BCUT2D eigenvalue weighted by Crippen LogP contribution is 2.31. The zero-order valence-electron chi connectivity index (χ0n) is 18.0. The molecule has 0 aliphatic heterocycles. The van der Waals surface area contributed by atoms with Crippen molar-refractivity contribution in [3.63, 3.8) is 0 Å². The summed E-state index contributed by atoms with van der Waals surface area (Å²) in [7, 11) is -3.56. The normalized spacial score (nSPS) is 11.5. The summed E-state index contributed by atoms with van der Waals surface area (Å²) in [5.74, 6) is -1.01. The highest BCUT2D eigenvalue weighted by molar-refractivity contribution is 7.93. The smallest absolute Gasteiger partial charge is 0.353 e. The fourth-order valence-electron chi connectivity index (χ4n) is 2.50. The van der Waals surface area contributed by atoms with Crippen molar-refractivity contribution in [3.8, 4) is 17.6 Å². The molecule has 0 aliphatic rings. The predicted octanol–water partition coefficient (Wildman–Crippen LogP) is 3.56. The monoisotopic (exact) mass is 518 g/mol. The lowest BCUT2D eigenvalue weighted by atomic mass is 10.1. The van der Waals surface area contributed by atoms with Gasteiger partial charge in [-0.3, -0.25) is 10.1 Å². The molecular weight excluding hydrogens is 500 g/mol. The van der Waals surface area contributed by atoms with Crippen LogP contribution in [0.25, 0.3) is 6.08 Å². The number of rotatable bonds is 9. The van der Waals surface area contributed by atoms with Gasteiger partial charge in [-0.05, 0) is 42.1 Å². The number of ether oxygens (including phenoxy) is 2. The number of benzene rings is 1. The van der Waals surface area contributed by atoms with E-state index in [2.05, 4.69) is 15.5 Å². The molecule has 1 amide bonds. The molecule has 10 nitrogen and oxygen atoms in total. The Hall–Kier alpha value is -3.60. The first-order chi connectivity index (χ1) is 16.3. The molecular formula is C21H18N4O6S3. The lowest BCUT2D eigenvalue weighted by Gasteiger charge is -2.11. The van der Waals surface area contributed by atoms with E-state index in [4.69, 9.17) is 9.47 Å². The van der Waals surface area contributed by atoms with Crippen molar-refractivity contribution in [1.82, 2.24) is 10.2 Å². The van der Waals surface area contributed by atoms with Crippen LogP contribution in [-0.2, 0) is 14.6 Å². The topological polar surface area (TPSA) is 148 Å². The van der Waals surface area contributed by atoms with Gasteiger partial charge >= 0.3 is 5.97 Å². The molecule has 0 unspecified atom stereocenters. The molecule has 2 heterocycles. The molecule has 176 valence electrons. The fraction of sp³-hybridized carbons (Fsp3) is 0.190. The van der Waals surface area contributed by atoms with Crippen molar-refractivity contribution in [2.24, 2.45) is 0 Å². The van der Waals surface area contributed by atoms with Crippen LogP contribution in [0.4, 0.5) is 5.13 Å². The number of carbonyl (C=O) groups excluding carboxylic acids is 2. The summed E-state index contributed by atoms with van der Waals surface area (Å²) in [5.41, 5.74) is 0.179. The van der Waals surface area contributed by atoms with Crippen LogP contribution in [0.5, 0.6) is 11.5 Å². The summed E-state index contributed by atoms with van der Waals surface area (Å²) in [6, 6.07) is 9.76. The number of amides is 1. The molecule has 1 N–H and O–H groups in total. The van der Waals surface area contributed by atoms with Gasteiger partial charge in [0.2, 0.25) is 19.3 Å². The number of esters is 1. The molecule has 0 aliphatic carbocycles. The van der Waals surface area contributed by atoms with Gasteiger partial charge in [-0.15, -0.1) is 21.5 Å². The van der Waals surface area contributed by atoms with Gasteiger partial charge in [0.1, 0.15) is 16.5 Å². The summed E-state index contributed by atoms with van der Waals surface area (Å²) >= 11 is 1.94. The fourth-order valence-corrected chi connectivity index (χ4v) is 5.08. The molecule has 0 saturated carbocycles. The average molecular weight is 519 g/mol. The van der Waals surface area contributed by atoms with Gasteiger partial charge in [-0.1, -0.05) is 30.4 Å². The second-order valence-electron chi connectivity index (χ2n) is 6.41. The quantitative estimate of drug-likeness (QED) is 0.147. The number of carbonyl (C=O) groups is 2. The summed E-state index contributed by atoms with van der Waals surface area (Å²) in [5, 5.41) is 20.7. The van der Waals surface area contributed by atoms with Gasteiger partial charge in [0.15, 0.2) is 11.5 Å². The van der Waals surface area contributed by atoms with Crippen LogP contribution >= 0.6 is 22.7 Å². The number of nitrogens with one attached hydrogen (secondary N) is 1. The average Bonchev–Trinajstić information content (AvgIpc) is 3.52. The molecule has 2 aromatic heterocycles. The van der Waals surface area contributed by atoms with Gasteiger partial charge in [-0.25, -0.2) is 13.2 Å². The largest absolute Gasteiger partial charge is 0.490 e. The Bertz CT molecular complexity index is 1370. The number of nitriles is 1. The third kappa shape index (κ3) is 6.04. The van der Waals surface area contributed by atoms with E-state index in [1.54, 1.807) is 36.6 Å². The standard InChI is InChI=1S/C21H18N4O6S3/c1-3-30-16-11-13(7-8-15(16)31-19(27)17-6-5-9-32-17)10-14(12-22)18(26)23-20-24-25-21(33-20)34(28,29)4-2/h5-11H,3-4H2,1-2H3,(H,23,24,26)/b14-10-. The van der Waals surface area contributed by atoms with Crippen molar-refractivity contribution in [2.75, 3.05) is 17.7 Å². The van der Waals surface area contributed by atoms with Crippen molar-refractivity contribution >= 4 is 55.6 Å². The minimum Gasteiger partial charge on any atom is -0.490 e. The maximum atomic E-state index is 12.5. The molecule has 3 aromatic rings. The Balaban J connectivity index is 1.80. The van der Waals surface area contributed by atoms with E-state index in [0.717, 1.165) is 0 Å². The van der Waals surface area contributed by atoms with Gasteiger partial charge in [0.25, 0.3) is 5.91 Å². The van der Waals surface area contributed by atoms with Crippen LogP contribution in [0.15, 0.2) is 45.6 Å². The van der Waals surface area contributed by atoms with E-state index >= 15 is 0 Å². The number of hydrogen-bond acceptors (Lipinski definition) is 11. The molecule has 0 saturated heterocycles. The predicted molar refractivity (Wildman–Crippen MR) is 127 cm³/mol. The molecule has 3 rings (SSSR count). The van der Waals surface area contributed by atoms with Gasteiger partial charge in [0.05, 0.1) is 12.4 Å². The summed E-state index contributed by atoms with van der Waals surface area (Å²) in [6.07, 6.45) is 1.31. The molecule has 1 aromatic carbocycles. The number of aromatic nitrogens is 2. The first-order valence-electron chi connectivity index (χ1n) is 9.79. The molecule has 34 heavy (non-hydrogen) atoms. The number of thiophene rings is 1. The van der Waals surface area contributed by atoms with E-state index in [1.165, 1.54) is 36.5 Å². The third-order valence-corrected chi connectivity index (χ3v) is 8.01. The van der Waals surface area contributed by atoms with Crippen LogP contribution < -0.4 is 14.8 Å². The summed E-state index contributed by atoms with van der Waals surface area (Å²) < 4.78 is 34.5. The molecule has 0 atom stereocenters. The lowest BCUT2D eigenvalue weighted by Crippen LogP contribution is -2.13. The third-order valence-electron chi connectivity index (χ3n) is 4.14. The molecule has 0 spiro atoms. The van der Waals surface area contributed by atoms with Gasteiger partial charge < -0.3 is 9.47 Å². The van der Waals surface area contributed by atoms with Gasteiger partial charge in [0, 0.05) is 0 Å². The maximum absolute atomic E-state index is 12.5. The van der Waals surface area contributed by atoms with Crippen LogP contribution in [0.2, 0.25) is 0 Å². The Labute approximate surface area is 203 Å². The highest BCUT2D eigenvalue weighted by atomic mass is 32.2. The molecule has 13 heteroatoms. The van der Waals surface area contributed by atoms with E-state index in [1.807, 2.05) is 0 Å². The molecule has 0 fully saturated rings. The van der Waals surface area contributed by atoms with Crippen LogP contribution in [-0.4, -0.2) is 42.9 Å². The zero-order valence-corrected chi connectivity index (χ0v) is 20.4. The second-order valence-corrected chi connectivity index (χ2v) is 10.8. The van der Waals surface area contributed by atoms with Crippen molar-refractivity contribution in [2.45, 2.75) is 18.2 Å². The Kier molecular flexibility index (Phi) is 8.11. The van der Waals surface area contributed by atoms with Crippen LogP contribution in [0, 0.1) is 11.3 Å². The molecule has 0 radical (unpaired) electrons. The minimum absolute atomic E-state index is 0.0518. The van der Waals surface area contributed by atoms with Crippen LogP contribution in [0.3, 0.4) is 0 Å². The van der Waals surface area contributed by atoms with Gasteiger partial charge in [-0.2, -0.15) is 5.26 Å². The summed E-state index contributed by atoms with van der Waals surface area (Å²) in [4.78, 5) is 25.2. The first-order valence-corrected chi connectivity index (χ1v) is 13.1. The number of hydrogen-bond donors (Lipinski definition) is 1. The first kappa shape index (κ1) is 25.0. The zero-order chi connectivity index (χ0) is 24.7. The van der Waals surface area contributed by atoms with Crippen molar-refractivity contribution in [3.05, 3.63) is 51.7 Å². The van der Waals surface area contributed by atoms with Crippen molar-refractivity contribution < 1.29 is 27.5 Å². The van der Waals surface area contributed by atoms with E-state index in [0.29, 0.717) is 28.4 Å². The van der Waals surface area contributed by atoms with Crippen molar-refractivity contribution in [1.29, 1.82) is 5.26 Å². The second kappa shape index (κ2) is 11.0. The Morgan fingerprint density at radius 2 is 2.00 bits per heavy atom. The molecule has 0 bridgehead atoms. The van der Waals surface area contributed by atoms with E-state index < -0.39 is 21.7 Å².